The summed E-state index contributed by atoms with van der Waals surface area (Å²) in [6.45, 7) is 9.56. The highest BCUT2D eigenvalue weighted by Crippen LogP contribution is 2.33. The van der Waals surface area contributed by atoms with Gasteiger partial charge in [-0.25, -0.2) is 0 Å². The molecule has 0 aliphatic carbocycles. The zero-order chi connectivity index (χ0) is 7.07. The summed E-state index contributed by atoms with van der Waals surface area (Å²) in [6, 6.07) is 0. The summed E-state index contributed by atoms with van der Waals surface area (Å²) in [4.78, 5) is 2.41. The predicted octanol–water partition coefficient (Wildman–Crippen LogP) is 1.59. The molecule has 9 heavy (non-hydrogen) atoms. The molecular formula is C8H17N. The summed E-state index contributed by atoms with van der Waals surface area (Å²) >= 11 is 0. The molecule has 0 N–H and O–H groups in total. The van der Waals surface area contributed by atoms with Crippen LogP contribution in [0.2, 0.25) is 0 Å². The Hall–Kier alpha value is -0.0400. The van der Waals surface area contributed by atoms with Crippen molar-refractivity contribution < 1.29 is 0 Å². The molecule has 54 valence electrons. The number of hydrogen-bond donors (Lipinski definition) is 0. The Balaban J connectivity index is 2.58. The lowest BCUT2D eigenvalue weighted by Gasteiger charge is -2.21. The minimum atomic E-state index is 0.550. The number of rotatable bonds is 0. The fourth-order valence-corrected chi connectivity index (χ4v) is 1.63. The van der Waals surface area contributed by atoms with Crippen LogP contribution in [0.5, 0.6) is 0 Å². The van der Waals surface area contributed by atoms with Crippen LogP contribution in [0, 0.1) is 11.3 Å². The second-order valence-corrected chi connectivity index (χ2v) is 4.09. The van der Waals surface area contributed by atoms with Crippen molar-refractivity contribution in [1.29, 1.82) is 0 Å². The van der Waals surface area contributed by atoms with Crippen LogP contribution >= 0.6 is 0 Å². The highest BCUT2D eigenvalue weighted by molar-refractivity contribution is 4.86. The van der Waals surface area contributed by atoms with Crippen molar-refractivity contribution in [2.75, 3.05) is 20.1 Å². The third kappa shape index (κ3) is 1.26. The summed E-state index contributed by atoms with van der Waals surface area (Å²) in [6.07, 6.45) is 0. The van der Waals surface area contributed by atoms with Crippen LogP contribution in [0.1, 0.15) is 20.8 Å². The molecule has 0 amide bonds. The molecule has 1 atom stereocenters. The van der Waals surface area contributed by atoms with Gasteiger partial charge in [-0.2, -0.15) is 0 Å². The van der Waals surface area contributed by atoms with Crippen molar-refractivity contribution in [2.45, 2.75) is 20.8 Å². The van der Waals surface area contributed by atoms with Crippen LogP contribution in [0.25, 0.3) is 0 Å². The molecular weight excluding hydrogens is 110 g/mol. The molecule has 0 aromatic rings. The monoisotopic (exact) mass is 127 g/mol. The second kappa shape index (κ2) is 1.98. The van der Waals surface area contributed by atoms with Gasteiger partial charge in [0.2, 0.25) is 0 Å². The summed E-state index contributed by atoms with van der Waals surface area (Å²) in [5.74, 6) is 0.863. The molecule has 1 heteroatoms. The van der Waals surface area contributed by atoms with E-state index in [0.717, 1.165) is 5.92 Å². The van der Waals surface area contributed by atoms with Crippen molar-refractivity contribution in [3.05, 3.63) is 0 Å². The van der Waals surface area contributed by atoms with Crippen molar-refractivity contribution in [3.8, 4) is 0 Å². The first-order valence-corrected chi connectivity index (χ1v) is 3.71. The second-order valence-electron chi connectivity index (χ2n) is 4.09. The average molecular weight is 127 g/mol. The molecule has 0 unspecified atom stereocenters. The minimum Gasteiger partial charge on any atom is -0.306 e. The maximum atomic E-state index is 2.41. The zero-order valence-electron chi connectivity index (χ0n) is 6.94. The van der Waals surface area contributed by atoms with Crippen molar-refractivity contribution in [3.63, 3.8) is 0 Å². The fraction of sp³-hybridized carbons (Fsp3) is 1.00. The first kappa shape index (κ1) is 7.07. The number of likely N-dealkylation sites (tertiary alicyclic amines) is 1. The molecule has 0 spiro atoms. The molecule has 0 saturated carbocycles. The Morgan fingerprint density at radius 1 is 1.44 bits per heavy atom. The highest BCUT2D eigenvalue weighted by Gasteiger charge is 2.33. The van der Waals surface area contributed by atoms with Gasteiger partial charge in [-0.05, 0) is 18.4 Å². The Kier molecular flexibility index (Phi) is 1.55. The van der Waals surface area contributed by atoms with Crippen LogP contribution in [0.3, 0.4) is 0 Å². The van der Waals surface area contributed by atoms with E-state index in [9.17, 15) is 0 Å². The third-order valence-corrected chi connectivity index (χ3v) is 2.60. The van der Waals surface area contributed by atoms with E-state index in [4.69, 9.17) is 0 Å². The Morgan fingerprint density at radius 3 is 2.11 bits per heavy atom. The lowest BCUT2D eigenvalue weighted by atomic mass is 9.84. The summed E-state index contributed by atoms with van der Waals surface area (Å²) in [5.41, 5.74) is 0.550. The summed E-state index contributed by atoms with van der Waals surface area (Å²) in [5, 5.41) is 0. The SMILES string of the molecule is C[C@@H]1CN(C)CC1(C)C. The summed E-state index contributed by atoms with van der Waals surface area (Å²) < 4.78 is 0. The van der Waals surface area contributed by atoms with Gasteiger partial charge in [-0.3, -0.25) is 0 Å². The van der Waals surface area contributed by atoms with Crippen LogP contribution in [0.15, 0.2) is 0 Å². The van der Waals surface area contributed by atoms with Gasteiger partial charge in [0.15, 0.2) is 0 Å². The Labute approximate surface area is 58.0 Å². The first-order chi connectivity index (χ1) is 4.02. The number of hydrogen-bond acceptors (Lipinski definition) is 1. The molecule has 1 saturated heterocycles. The number of nitrogens with zero attached hydrogens (tertiary/aromatic N) is 1. The Morgan fingerprint density at radius 2 is 2.00 bits per heavy atom. The van der Waals surface area contributed by atoms with Gasteiger partial charge < -0.3 is 4.90 Å². The maximum absolute atomic E-state index is 2.41. The standard InChI is InChI=1S/C8H17N/c1-7-5-9(4)6-8(7,2)3/h7H,5-6H2,1-4H3/t7-/m1/s1. The van der Waals surface area contributed by atoms with E-state index < -0.39 is 0 Å². The Bertz CT molecular complexity index is 107. The fourth-order valence-electron chi connectivity index (χ4n) is 1.63. The van der Waals surface area contributed by atoms with E-state index in [0.29, 0.717) is 5.41 Å². The molecule has 1 heterocycles. The van der Waals surface area contributed by atoms with Crippen molar-refractivity contribution >= 4 is 0 Å². The topological polar surface area (TPSA) is 3.24 Å². The minimum absolute atomic E-state index is 0.550. The molecule has 1 fully saturated rings. The van der Waals surface area contributed by atoms with Crippen LogP contribution < -0.4 is 0 Å². The van der Waals surface area contributed by atoms with Crippen molar-refractivity contribution in [1.82, 2.24) is 4.90 Å². The largest absolute Gasteiger partial charge is 0.306 e. The molecule has 1 aliphatic rings. The van der Waals surface area contributed by atoms with E-state index in [2.05, 4.69) is 32.7 Å². The lowest BCUT2D eigenvalue weighted by molar-refractivity contribution is 0.297. The van der Waals surface area contributed by atoms with E-state index in [1.54, 1.807) is 0 Å². The highest BCUT2D eigenvalue weighted by atomic mass is 15.1. The van der Waals surface area contributed by atoms with E-state index in [1.807, 2.05) is 0 Å². The van der Waals surface area contributed by atoms with Gasteiger partial charge in [-0.15, -0.1) is 0 Å². The molecule has 1 aliphatic heterocycles. The predicted molar refractivity (Wildman–Crippen MR) is 40.4 cm³/mol. The molecule has 0 radical (unpaired) electrons. The molecule has 0 aromatic heterocycles. The third-order valence-electron chi connectivity index (χ3n) is 2.60. The summed E-state index contributed by atoms with van der Waals surface area (Å²) in [7, 11) is 2.20. The van der Waals surface area contributed by atoms with E-state index >= 15 is 0 Å². The van der Waals surface area contributed by atoms with Gasteiger partial charge in [-0.1, -0.05) is 20.8 Å². The normalized spacial score (nSPS) is 35.3. The van der Waals surface area contributed by atoms with Crippen LogP contribution in [0.4, 0.5) is 0 Å². The van der Waals surface area contributed by atoms with Crippen LogP contribution in [-0.2, 0) is 0 Å². The smallest absolute Gasteiger partial charge is 0.00328 e. The molecule has 1 rings (SSSR count). The molecule has 0 aromatic carbocycles. The van der Waals surface area contributed by atoms with Gasteiger partial charge in [0.05, 0.1) is 0 Å². The molecule has 0 bridgehead atoms. The first-order valence-electron chi connectivity index (χ1n) is 3.71. The van der Waals surface area contributed by atoms with Crippen LogP contribution in [-0.4, -0.2) is 25.0 Å². The maximum Gasteiger partial charge on any atom is 0.00328 e. The lowest BCUT2D eigenvalue weighted by Crippen LogP contribution is -2.20. The van der Waals surface area contributed by atoms with Gasteiger partial charge in [0.1, 0.15) is 0 Å². The van der Waals surface area contributed by atoms with Crippen molar-refractivity contribution in [2.24, 2.45) is 11.3 Å². The van der Waals surface area contributed by atoms with E-state index in [-0.39, 0.29) is 0 Å². The zero-order valence-corrected chi connectivity index (χ0v) is 6.94. The average Bonchev–Trinajstić information content (AvgIpc) is 1.79. The molecule has 1 nitrogen and oxygen atoms in total. The quantitative estimate of drug-likeness (QED) is 0.477. The van der Waals surface area contributed by atoms with Gasteiger partial charge in [0.25, 0.3) is 0 Å². The van der Waals surface area contributed by atoms with E-state index in [1.165, 1.54) is 13.1 Å². The van der Waals surface area contributed by atoms with Gasteiger partial charge in [0, 0.05) is 13.1 Å². The van der Waals surface area contributed by atoms with Gasteiger partial charge >= 0.3 is 0 Å².